The van der Waals surface area contributed by atoms with Gasteiger partial charge in [-0.2, -0.15) is 9.97 Å². The summed E-state index contributed by atoms with van der Waals surface area (Å²) in [5.41, 5.74) is 0. The number of aromatic nitrogens is 2. The normalized spacial score (nSPS) is 23.1. The van der Waals surface area contributed by atoms with E-state index in [0.29, 0.717) is 22.7 Å². The Morgan fingerprint density at radius 3 is 2.45 bits per heavy atom. The smallest absolute Gasteiger partial charge is 0.404 e. The second kappa shape index (κ2) is 10.5. The first-order valence-electron chi connectivity index (χ1n) is 10.4. The van der Waals surface area contributed by atoms with E-state index in [9.17, 15) is 4.79 Å². The summed E-state index contributed by atoms with van der Waals surface area (Å²) < 4.78 is 0. The fourth-order valence-corrected chi connectivity index (χ4v) is 4.54. The van der Waals surface area contributed by atoms with E-state index in [1.807, 2.05) is 6.92 Å². The third kappa shape index (κ3) is 6.23. The van der Waals surface area contributed by atoms with E-state index >= 15 is 0 Å². The molecule has 1 aliphatic heterocycles. The van der Waals surface area contributed by atoms with E-state index in [4.69, 9.17) is 28.3 Å². The molecular weight excluding hydrogens is 415 g/mol. The van der Waals surface area contributed by atoms with E-state index in [1.54, 1.807) is 0 Å². The van der Waals surface area contributed by atoms with Gasteiger partial charge in [0.15, 0.2) is 11.0 Å². The lowest BCUT2D eigenvalue weighted by Crippen LogP contribution is -2.47. The highest BCUT2D eigenvalue weighted by Gasteiger charge is 2.25. The summed E-state index contributed by atoms with van der Waals surface area (Å²) in [5, 5.41) is 15.2. The van der Waals surface area contributed by atoms with Gasteiger partial charge in [-0.25, -0.2) is 4.79 Å². The van der Waals surface area contributed by atoms with Crippen molar-refractivity contribution in [3.8, 4) is 0 Å². The molecule has 3 rings (SSSR count). The van der Waals surface area contributed by atoms with Crippen LogP contribution in [0.1, 0.15) is 39.0 Å². The van der Waals surface area contributed by atoms with Crippen molar-refractivity contribution < 1.29 is 9.90 Å². The van der Waals surface area contributed by atoms with Gasteiger partial charge >= 0.3 is 6.09 Å². The summed E-state index contributed by atoms with van der Waals surface area (Å²) in [6, 6.07) is 0.129. The number of piperazine rings is 1. The van der Waals surface area contributed by atoms with Gasteiger partial charge in [-0.05, 0) is 51.5 Å². The Bertz CT molecular complexity index is 692. The zero-order valence-electron chi connectivity index (χ0n) is 16.8. The molecule has 1 amide bonds. The van der Waals surface area contributed by atoms with Crippen LogP contribution in [0.3, 0.4) is 0 Å². The summed E-state index contributed by atoms with van der Waals surface area (Å²) in [5.74, 6) is 1.90. The summed E-state index contributed by atoms with van der Waals surface area (Å²) in [6.45, 7) is 7.42. The molecule has 2 heterocycles. The standard InChI is InChI=1S/C19H30Cl2N6O2/c1-2-22-18-24-16(21)15(20)17(25-18)27-11-9-26(10-12-27)8-7-13-3-5-14(6-4-13)23-19(28)29/h13-14,23H,2-12H2,1H3,(H,28,29)(H,22,24,25). The molecule has 1 saturated heterocycles. The van der Waals surface area contributed by atoms with Gasteiger partial charge in [0, 0.05) is 38.8 Å². The lowest BCUT2D eigenvalue weighted by molar-refractivity contribution is 0.177. The maximum atomic E-state index is 10.8. The molecule has 1 aliphatic carbocycles. The van der Waals surface area contributed by atoms with Crippen LogP contribution in [0.15, 0.2) is 0 Å². The van der Waals surface area contributed by atoms with Crippen LogP contribution < -0.4 is 15.5 Å². The molecule has 0 atom stereocenters. The third-order valence-electron chi connectivity index (χ3n) is 5.83. The average Bonchev–Trinajstić information content (AvgIpc) is 2.70. The SMILES string of the molecule is CCNc1nc(Cl)c(Cl)c(N2CCN(CCC3CCC(NC(=O)O)CC3)CC2)n1. The second-order valence-electron chi connectivity index (χ2n) is 7.79. The predicted molar refractivity (Wildman–Crippen MR) is 116 cm³/mol. The molecule has 0 bridgehead atoms. The van der Waals surface area contributed by atoms with Crippen molar-refractivity contribution in [2.24, 2.45) is 5.92 Å². The molecule has 2 fully saturated rings. The first kappa shape index (κ1) is 22.2. The van der Waals surface area contributed by atoms with Crippen molar-refractivity contribution in [2.45, 2.75) is 45.1 Å². The minimum absolute atomic E-state index is 0.129. The summed E-state index contributed by atoms with van der Waals surface area (Å²) in [6.07, 6.45) is 4.37. The molecule has 2 aliphatic rings. The average molecular weight is 445 g/mol. The fourth-order valence-electron chi connectivity index (χ4n) is 4.17. The van der Waals surface area contributed by atoms with Gasteiger partial charge in [-0.3, -0.25) is 4.90 Å². The predicted octanol–water partition coefficient (Wildman–Crippen LogP) is 3.55. The van der Waals surface area contributed by atoms with Crippen molar-refractivity contribution in [3.05, 3.63) is 10.2 Å². The van der Waals surface area contributed by atoms with Gasteiger partial charge in [0.1, 0.15) is 5.02 Å². The first-order valence-corrected chi connectivity index (χ1v) is 11.2. The molecule has 1 saturated carbocycles. The highest BCUT2D eigenvalue weighted by Crippen LogP contribution is 2.32. The number of carbonyl (C=O) groups is 1. The van der Waals surface area contributed by atoms with Crippen LogP contribution in [0.4, 0.5) is 16.6 Å². The zero-order valence-corrected chi connectivity index (χ0v) is 18.3. The van der Waals surface area contributed by atoms with Crippen LogP contribution in [0.5, 0.6) is 0 Å². The molecule has 0 unspecified atom stereocenters. The van der Waals surface area contributed by atoms with Crippen LogP contribution in [0, 0.1) is 5.92 Å². The molecule has 0 spiro atoms. The molecule has 0 aromatic carbocycles. The fraction of sp³-hybridized carbons (Fsp3) is 0.737. The highest BCUT2D eigenvalue weighted by atomic mass is 35.5. The lowest BCUT2D eigenvalue weighted by atomic mass is 9.84. The van der Waals surface area contributed by atoms with E-state index in [0.717, 1.165) is 65.0 Å². The Hall–Kier alpha value is -1.51. The second-order valence-corrected chi connectivity index (χ2v) is 8.53. The Kier molecular flexibility index (Phi) is 8.03. The molecule has 0 radical (unpaired) electrons. The minimum atomic E-state index is -0.908. The Morgan fingerprint density at radius 1 is 1.14 bits per heavy atom. The van der Waals surface area contributed by atoms with Crippen LogP contribution in [0.2, 0.25) is 10.2 Å². The molecule has 162 valence electrons. The summed E-state index contributed by atoms with van der Waals surface area (Å²) in [4.78, 5) is 24.1. The van der Waals surface area contributed by atoms with Gasteiger partial charge < -0.3 is 20.6 Å². The molecule has 10 heteroatoms. The maximum Gasteiger partial charge on any atom is 0.404 e. The summed E-state index contributed by atoms with van der Waals surface area (Å²) >= 11 is 12.5. The third-order valence-corrected chi connectivity index (χ3v) is 6.55. The number of anilines is 2. The number of carboxylic acid groups (broad SMARTS) is 1. The molecule has 3 N–H and O–H groups in total. The van der Waals surface area contributed by atoms with Crippen molar-refractivity contribution in [1.29, 1.82) is 0 Å². The van der Waals surface area contributed by atoms with Gasteiger partial charge in [-0.1, -0.05) is 23.2 Å². The quantitative estimate of drug-likeness (QED) is 0.553. The maximum absolute atomic E-state index is 10.8. The minimum Gasteiger partial charge on any atom is -0.465 e. The van der Waals surface area contributed by atoms with Crippen molar-refractivity contribution >= 4 is 41.1 Å². The highest BCUT2D eigenvalue weighted by molar-refractivity contribution is 6.42. The van der Waals surface area contributed by atoms with Crippen molar-refractivity contribution in [3.63, 3.8) is 0 Å². The lowest BCUT2D eigenvalue weighted by Gasteiger charge is -2.37. The number of amides is 1. The van der Waals surface area contributed by atoms with Crippen LogP contribution >= 0.6 is 23.2 Å². The molecular formula is C19H30Cl2N6O2. The Morgan fingerprint density at radius 2 is 1.83 bits per heavy atom. The molecule has 8 nitrogen and oxygen atoms in total. The van der Waals surface area contributed by atoms with Gasteiger partial charge in [-0.15, -0.1) is 0 Å². The molecule has 1 aromatic heterocycles. The zero-order chi connectivity index (χ0) is 20.8. The van der Waals surface area contributed by atoms with Gasteiger partial charge in [0.25, 0.3) is 0 Å². The topological polar surface area (TPSA) is 93.6 Å². The monoisotopic (exact) mass is 444 g/mol. The van der Waals surface area contributed by atoms with E-state index in [2.05, 4.69) is 30.4 Å². The Labute approximate surface area is 182 Å². The van der Waals surface area contributed by atoms with Gasteiger partial charge in [0.05, 0.1) is 0 Å². The van der Waals surface area contributed by atoms with E-state index in [-0.39, 0.29) is 11.2 Å². The number of hydrogen-bond acceptors (Lipinski definition) is 6. The van der Waals surface area contributed by atoms with E-state index < -0.39 is 6.09 Å². The van der Waals surface area contributed by atoms with Crippen LogP contribution in [-0.2, 0) is 0 Å². The van der Waals surface area contributed by atoms with E-state index in [1.165, 1.54) is 6.42 Å². The molecule has 1 aromatic rings. The number of hydrogen-bond donors (Lipinski definition) is 3. The largest absolute Gasteiger partial charge is 0.465 e. The van der Waals surface area contributed by atoms with Crippen LogP contribution in [-0.4, -0.2) is 71.4 Å². The first-order chi connectivity index (χ1) is 14.0. The van der Waals surface area contributed by atoms with Crippen molar-refractivity contribution in [1.82, 2.24) is 20.2 Å². The van der Waals surface area contributed by atoms with Crippen LogP contribution in [0.25, 0.3) is 0 Å². The van der Waals surface area contributed by atoms with Crippen molar-refractivity contribution in [2.75, 3.05) is 49.5 Å². The molecule has 29 heavy (non-hydrogen) atoms. The number of nitrogens with one attached hydrogen (secondary N) is 2. The number of rotatable bonds is 7. The Balaban J connectivity index is 1.44. The summed E-state index contributed by atoms with van der Waals surface area (Å²) in [7, 11) is 0. The van der Waals surface area contributed by atoms with Gasteiger partial charge in [0.2, 0.25) is 5.95 Å². The number of nitrogens with zero attached hydrogens (tertiary/aromatic N) is 4. The number of halogens is 2.